The normalized spacial score (nSPS) is 11.8. The minimum absolute atomic E-state index is 0.173. The van der Waals surface area contributed by atoms with Gasteiger partial charge >= 0.3 is 11.8 Å². The fourth-order valence-electron chi connectivity index (χ4n) is 2.91. The minimum Gasteiger partial charge on any atom is -0.467 e. The lowest BCUT2D eigenvalue weighted by Gasteiger charge is -2.18. The fourth-order valence-corrected chi connectivity index (χ4v) is 3.37. The van der Waals surface area contributed by atoms with E-state index in [4.69, 9.17) is 4.42 Å². The highest BCUT2D eigenvalue weighted by Crippen LogP contribution is 2.21. The molecule has 146 valence electrons. The smallest absolute Gasteiger partial charge is 0.313 e. The minimum atomic E-state index is -0.718. The third-order valence-electron chi connectivity index (χ3n) is 4.20. The van der Waals surface area contributed by atoms with E-state index in [1.54, 1.807) is 34.8 Å². The second-order valence-corrected chi connectivity index (χ2v) is 7.18. The Morgan fingerprint density at radius 2 is 2.00 bits per heavy atom. The van der Waals surface area contributed by atoms with E-state index in [0.717, 1.165) is 16.3 Å². The van der Waals surface area contributed by atoms with Crippen LogP contribution in [0.2, 0.25) is 0 Å². The number of thioether (sulfide) groups is 1. The Morgan fingerprint density at radius 1 is 1.18 bits per heavy atom. The van der Waals surface area contributed by atoms with Gasteiger partial charge in [0.25, 0.3) is 0 Å². The molecule has 0 aliphatic heterocycles. The van der Waals surface area contributed by atoms with E-state index in [-0.39, 0.29) is 12.6 Å². The molecule has 0 aliphatic rings. The third kappa shape index (κ3) is 4.64. The summed E-state index contributed by atoms with van der Waals surface area (Å²) >= 11 is 1.56. The number of carbonyl (C=O) groups is 2. The van der Waals surface area contributed by atoms with E-state index < -0.39 is 11.8 Å². The van der Waals surface area contributed by atoms with Gasteiger partial charge in [-0.2, -0.15) is 5.10 Å². The van der Waals surface area contributed by atoms with Crippen LogP contribution in [0.4, 0.5) is 5.69 Å². The highest BCUT2D eigenvalue weighted by molar-refractivity contribution is 7.98. The molecule has 0 bridgehead atoms. The maximum absolute atomic E-state index is 12.3. The first kappa shape index (κ1) is 19.8. The zero-order valence-corrected chi connectivity index (χ0v) is 16.7. The molecule has 3 rings (SSSR count). The Labute approximate surface area is 167 Å². The van der Waals surface area contributed by atoms with E-state index in [9.17, 15) is 9.59 Å². The fraction of sp³-hybridized carbons (Fsp3) is 0.250. The van der Waals surface area contributed by atoms with Gasteiger partial charge in [-0.15, -0.1) is 11.8 Å². The van der Waals surface area contributed by atoms with Crippen LogP contribution in [-0.2, 0) is 9.59 Å². The van der Waals surface area contributed by atoms with Crippen LogP contribution in [0.3, 0.4) is 0 Å². The number of carbonyl (C=O) groups excluding carboxylic acids is 2. The first-order valence-electron chi connectivity index (χ1n) is 8.77. The van der Waals surface area contributed by atoms with Gasteiger partial charge in [0.15, 0.2) is 0 Å². The summed E-state index contributed by atoms with van der Waals surface area (Å²) in [4.78, 5) is 25.6. The van der Waals surface area contributed by atoms with Gasteiger partial charge in [0.1, 0.15) is 11.8 Å². The molecular formula is C20H22N4O3S. The Hall–Kier alpha value is -3.00. The SMILES string of the molecule is CSc1cccc(NC(=O)C(=O)NCC(c2ccco2)n2nc(C)cc2C)c1. The van der Waals surface area contributed by atoms with E-state index in [1.807, 2.05) is 50.4 Å². The standard InChI is InChI=1S/C20H22N4O3S/c1-13-10-14(2)24(23-13)17(18-8-5-9-27-18)12-21-19(25)20(26)22-15-6-4-7-16(11-15)28-3/h4-11,17H,12H2,1-3H3,(H,21,25)(H,22,26). The quantitative estimate of drug-likeness (QED) is 0.492. The van der Waals surface area contributed by atoms with Crippen LogP contribution < -0.4 is 10.6 Å². The summed E-state index contributed by atoms with van der Waals surface area (Å²) < 4.78 is 7.30. The van der Waals surface area contributed by atoms with E-state index >= 15 is 0 Å². The second kappa shape index (κ2) is 8.79. The third-order valence-corrected chi connectivity index (χ3v) is 4.93. The van der Waals surface area contributed by atoms with Crippen LogP contribution >= 0.6 is 11.8 Å². The monoisotopic (exact) mass is 398 g/mol. The van der Waals surface area contributed by atoms with Gasteiger partial charge in [-0.3, -0.25) is 14.3 Å². The average Bonchev–Trinajstić information content (AvgIpc) is 3.32. The molecule has 1 aromatic carbocycles. The number of aromatic nitrogens is 2. The summed E-state index contributed by atoms with van der Waals surface area (Å²) in [5.41, 5.74) is 2.38. The summed E-state index contributed by atoms with van der Waals surface area (Å²) in [6.07, 6.45) is 3.52. The predicted octanol–water partition coefficient (Wildman–Crippen LogP) is 3.16. The van der Waals surface area contributed by atoms with Crippen LogP contribution in [0.25, 0.3) is 0 Å². The molecule has 2 aromatic heterocycles. The molecule has 28 heavy (non-hydrogen) atoms. The maximum Gasteiger partial charge on any atom is 0.313 e. The van der Waals surface area contributed by atoms with Crippen LogP contribution in [0.15, 0.2) is 58.0 Å². The van der Waals surface area contributed by atoms with Crippen molar-refractivity contribution >= 4 is 29.3 Å². The van der Waals surface area contributed by atoms with Crippen molar-refractivity contribution < 1.29 is 14.0 Å². The molecule has 2 amide bonds. The summed E-state index contributed by atoms with van der Waals surface area (Å²) in [5.74, 6) is -0.781. The number of furan rings is 1. The number of hydrogen-bond donors (Lipinski definition) is 2. The molecule has 2 N–H and O–H groups in total. The van der Waals surface area contributed by atoms with Gasteiger partial charge in [-0.25, -0.2) is 0 Å². The van der Waals surface area contributed by atoms with Gasteiger partial charge in [0.2, 0.25) is 0 Å². The lowest BCUT2D eigenvalue weighted by molar-refractivity contribution is -0.136. The molecule has 1 unspecified atom stereocenters. The molecule has 0 saturated heterocycles. The zero-order valence-electron chi connectivity index (χ0n) is 15.9. The number of nitrogens with one attached hydrogen (secondary N) is 2. The molecule has 0 radical (unpaired) electrons. The van der Waals surface area contributed by atoms with E-state index in [2.05, 4.69) is 15.7 Å². The molecule has 0 fully saturated rings. The molecule has 3 aromatic rings. The number of hydrogen-bond acceptors (Lipinski definition) is 5. The second-order valence-electron chi connectivity index (χ2n) is 6.30. The first-order valence-corrected chi connectivity index (χ1v) is 10.00. The molecule has 0 spiro atoms. The molecule has 1 atom stereocenters. The number of aryl methyl sites for hydroxylation is 2. The van der Waals surface area contributed by atoms with Crippen LogP contribution in [0.1, 0.15) is 23.2 Å². The van der Waals surface area contributed by atoms with Gasteiger partial charge in [0.05, 0.1) is 12.0 Å². The van der Waals surface area contributed by atoms with Gasteiger partial charge in [-0.1, -0.05) is 6.07 Å². The van der Waals surface area contributed by atoms with Gasteiger partial charge in [0, 0.05) is 22.8 Å². The predicted molar refractivity (Wildman–Crippen MR) is 108 cm³/mol. The Bertz CT molecular complexity index is 966. The number of rotatable bonds is 6. The summed E-state index contributed by atoms with van der Waals surface area (Å²) in [6, 6.07) is 12.5. The van der Waals surface area contributed by atoms with Crippen molar-refractivity contribution in [2.45, 2.75) is 24.8 Å². The molecular weight excluding hydrogens is 376 g/mol. The van der Waals surface area contributed by atoms with Crippen LogP contribution in [-0.4, -0.2) is 34.4 Å². The highest BCUT2D eigenvalue weighted by Gasteiger charge is 2.22. The van der Waals surface area contributed by atoms with Crippen LogP contribution in [0, 0.1) is 13.8 Å². The summed E-state index contributed by atoms with van der Waals surface area (Å²) in [7, 11) is 0. The number of nitrogens with zero attached hydrogens (tertiary/aromatic N) is 2. The van der Waals surface area contributed by atoms with Crippen molar-refractivity contribution in [1.82, 2.24) is 15.1 Å². The van der Waals surface area contributed by atoms with Crippen molar-refractivity contribution in [3.8, 4) is 0 Å². The van der Waals surface area contributed by atoms with Crippen molar-refractivity contribution in [3.05, 3.63) is 65.9 Å². The summed E-state index contributed by atoms with van der Waals surface area (Å²) in [5, 5.41) is 9.78. The van der Waals surface area contributed by atoms with Crippen molar-refractivity contribution in [3.63, 3.8) is 0 Å². The van der Waals surface area contributed by atoms with Crippen molar-refractivity contribution in [2.24, 2.45) is 0 Å². The van der Waals surface area contributed by atoms with Crippen molar-refractivity contribution in [2.75, 3.05) is 18.1 Å². The van der Waals surface area contributed by atoms with Gasteiger partial charge < -0.3 is 15.1 Å². The molecule has 7 nitrogen and oxygen atoms in total. The number of benzene rings is 1. The van der Waals surface area contributed by atoms with Crippen LogP contribution in [0.5, 0.6) is 0 Å². The van der Waals surface area contributed by atoms with Gasteiger partial charge in [-0.05, 0) is 56.5 Å². The number of anilines is 1. The van der Waals surface area contributed by atoms with Crippen molar-refractivity contribution in [1.29, 1.82) is 0 Å². The Balaban J connectivity index is 1.68. The lowest BCUT2D eigenvalue weighted by Crippen LogP contribution is -2.39. The average molecular weight is 398 g/mol. The molecule has 2 heterocycles. The van der Waals surface area contributed by atoms with E-state index in [0.29, 0.717) is 11.4 Å². The highest BCUT2D eigenvalue weighted by atomic mass is 32.2. The largest absolute Gasteiger partial charge is 0.467 e. The maximum atomic E-state index is 12.3. The lowest BCUT2D eigenvalue weighted by atomic mass is 10.2. The molecule has 0 saturated carbocycles. The Morgan fingerprint density at radius 3 is 2.64 bits per heavy atom. The summed E-state index contributed by atoms with van der Waals surface area (Å²) in [6.45, 7) is 4.01. The molecule has 0 aliphatic carbocycles. The zero-order chi connectivity index (χ0) is 20.1. The van der Waals surface area contributed by atoms with E-state index in [1.165, 1.54) is 0 Å². The molecule has 8 heteroatoms. The first-order chi connectivity index (χ1) is 13.5. The number of amides is 2. The topological polar surface area (TPSA) is 89.2 Å². The Kier molecular flexibility index (Phi) is 6.20.